The number of aromatic hydroxyl groups is 2. The maximum absolute atomic E-state index is 12.6. The molecule has 0 amide bonds. The summed E-state index contributed by atoms with van der Waals surface area (Å²) in [7, 11) is 0. The van der Waals surface area contributed by atoms with Crippen molar-refractivity contribution in [2.75, 3.05) is 6.54 Å². The number of rotatable bonds is 2. The van der Waals surface area contributed by atoms with Crippen molar-refractivity contribution in [2.24, 2.45) is 11.8 Å². The third kappa shape index (κ3) is 1.62. The van der Waals surface area contributed by atoms with Crippen molar-refractivity contribution in [3.8, 4) is 22.8 Å². The summed E-state index contributed by atoms with van der Waals surface area (Å²) in [6.45, 7) is 1.04. The van der Waals surface area contributed by atoms with Gasteiger partial charge in [-0.25, -0.2) is 0 Å². The van der Waals surface area contributed by atoms with Crippen LogP contribution in [0, 0.1) is 11.8 Å². The molecule has 130 valence electrons. The van der Waals surface area contributed by atoms with E-state index in [2.05, 4.69) is 5.32 Å². The minimum Gasteiger partial charge on any atom is -0.508 e. The molecule has 2 aliphatic carbocycles. The number of hydrogen-bond acceptors (Lipinski definition) is 5. The number of nitrogens with one attached hydrogen (secondary N) is 1. The van der Waals surface area contributed by atoms with Crippen molar-refractivity contribution in [1.29, 1.82) is 0 Å². The van der Waals surface area contributed by atoms with Crippen LogP contribution in [0.25, 0.3) is 22.3 Å². The quantitative estimate of drug-likeness (QED) is 0.664. The summed E-state index contributed by atoms with van der Waals surface area (Å²) in [5, 5.41) is 23.7. The lowest BCUT2D eigenvalue weighted by atomic mass is 9.78. The molecule has 1 saturated heterocycles. The summed E-state index contributed by atoms with van der Waals surface area (Å²) < 4.78 is 5.96. The third-order valence-corrected chi connectivity index (χ3v) is 6.55. The highest BCUT2D eigenvalue weighted by molar-refractivity contribution is 5.83. The zero-order valence-corrected chi connectivity index (χ0v) is 13.9. The lowest BCUT2D eigenvalue weighted by molar-refractivity contribution is 0.319. The number of benzene rings is 2. The van der Waals surface area contributed by atoms with Gasteiger partial charge in [-0.3, -0.25) is 4.79 Å². The lowest BCUT2D eigenvalue weighted by Gasteiger charge is -2.33. The molecule has 2 atom stereocenters. The van der Waals surface area contributed by atoms with Gasteiger partial charge in [-0.1, -0.05) is 6.07 Å². The molecule has 2 saturated carbocycles. The summed E-state index contributed by atoms with van der Waals surface area (Å²) in [5.41, 5.74) is 2.13. The Morgan fingerprint density at radius 2 is 1.85 bits per heavy atom. The van der Waals surface area contributed by atoms with Gasteiger partial charge in [-0.15, -0.1) is 0 Å². The van der Waals surface area contributed by atoms with Crippen LogP contribution in [0.1, 0.15) is 12.0 Å². The molecule has 3 fully saturated rings. The second-order valence-electron chi connectivity index (χ2n) is 7.69. The Kier molecular flexibility index (Phi) is 2.48. The number of phenols is 1. The molecule has 2 heterocycles. The first kappa shape index (κ1) is 14.4. The maximum atomic E-state index is 12.6. The van der Waals surface area contributed by atoms with Crippen LogP contribution in [0.15, 0.2) is 51.7 Å². The smallest absolute Gasteiger partial charge is 0.235 e. The van der Waals surface area contributed by atoms with Gasteiger partial charge in [0.1, 0.15) is 11.3 Å². The third-order valence-electron chi connectivity index (χ3n) is 6.55. The van der Waals surface area contributed by atoms with Crippen LogP contribution in [0.2, 0.25) is 0 Å². The molecule has 5 nitrogen and oxygen atoms in total. The van der Waals surface area contributed by atoms with Gasteiger partial charge < -0.3 is 19.9 Å². The van der Waals surface area contributed by atoms with Crippen molar-refractivity contribution in [3.63, 3.8) is 0 Å². The lowest BCUT2D eigenvalue weighted by Crippen LogP contribution is -2.43. The molecule has 1 aliphatic heterocycles. The zero-order chi connectivity index (χ0) is 17.6. The zero-order valence-electron chi connectivity index (χ0n) is 13.9. The molecule has 0 radical (unpaired) electrons. The van der Waals surface area contributed by atoms with Crippen molar-refractivity contribution in [1.82, 2.24) is 5.32 Å². The molecule has 1 aromatic heterocycles. The van der Waals surface area contributed by atoms with Gasteiger partial charge in [0.25, 0.3) is 0 Å². The summed E-state index contributed by atoms with van der Waals surface area (Å²) >= 11 is 0. The van der Waals surface area contributed by atoms with E-state index in [0.717, 1.165) is 24.8 Å². The number of hydrogen-bond donors (Lipinski definition) is 3. The summed E-state index contributed by atoms with van der Waals surface area (Å²) in [5.74, 6) is 1.32. The van der Waals surface area contributed by atoms with Crippen LogP contribution in [-0.4, -0.2) is 22.8 Å². The Bertz CT molecular complexity index is 1120. The molecule has 5 heteroatoms. The highest BCUT2D eigenvalue weighted by atomic mass is 16.4. The van der Waals surface area contributed by atoms with Gasteiger partial charge in [-0.2, -0.15) is 0 Å². The molecular weight excluding hydrogens is 330 g/mol. The molecule has 6 rings (SSSR count). The van der Waals surface area contributed by atoms with E-state index < -0.39 is 11.2 Å². The van der Waals surface area contributed by atoms with Crippen molar-refractivity contribution in [2.45, 2.75) is 17.9 Å². The minimum absolute atomic E-state index is 0.117. The minimum atomic E-state index is -0.428. The topological polar surface area (TPSA) is 82.7 Å². The normalized spacial score (nSPS) is 30.8. The van der Waals surface area contributed by atoms with Crippen LogP contribution in [0.3, 0.4) is 0 Å². The molecule has 3 aromatic rings. The van der Waals surface area contributed by atoms with E-state index in [-0.39, 0.29) is 16.9 Å². The number of fused-ring (bicyclic) bond motifs is 3. The fraction of sp³-hybridized carbons (Fsp3) is 0.286. The van der Waals surface area contributed by atoms with E-state index >= 15 is 0 Å². The largest absolute Gasteiger partial charge is 0.508 e. The monoisotopic (exact) mass is 347 g/mol. The Hall–Kier alpha value is -2.79. The van der Waals surface area contributed by atoms with E-state index in [1.807, 2.05) is 12.1 Å². The van der Waals surface area contributed by atoms with Crippen LogP contribution >= 0.6 is 0 Å². The van der Waals surface area contributed by atoms with Gasteiger partial charge >= 0.3 is 0 Å². The van der Waals surface area contributed by atoms with Gasteiger partial charge in [0.05, 0.1) is 5.39 Å². The number of piperidine rings is 2. The molecule has 2 aromatic carbocycles. The predicted octanol–water partition coefficient (Wildman–Crippen LogP) is 2.73. The van der Waals surface area contributed by atoms with Crippen molar-refractivity contribution < 1.29 is 14.6 Å². The molecular formula is C21H17NO4. The molecule has 2 unspecified atom stereocenters. The number of phenolic OH excluding ortho intramolecular Hbond substituents is 1. The van der Waals surface area contributed by atoms with E-state index in [1.165, 1.54) is 17.7 Å². The molecule has 3 aliphatic rings. The summed E-state index contributed by atoms with van der Waals surface area (Å²) in [4.78, 5) is 12.6. The fourth-order valence-electron chi connectivity index (χ4n) is 5.18. The van der Waals surface area contributed by atoms with Crippen LogP contribution in [0.4, 0.5) is 0 Å². The fourth-order valence-corrected chi connectivity index (χ4v) is 5.18. The van der Waals surface area contributed by atoms with E-state index in [4.69, 9.17) is 4.42 Å². The van der Waals surface area contributed by atoms with E-state index in [0.29, 0.717) is 22.6 Å². The maximum Gasteiger partial charge on any atom is 0.235 e. The molecule has 3 N–H and O–H groups in total. The Balaban J connectivity index is 1.52. The highest BCUT2D eigenvalue weighted by Crippen LogP contribution is 2.80. The summed E-state index contributed by atoms with van der Waals surface area (Å²) in [6.07, 6.45) is 1.12. The first-order chi connectivity index (χ1) is 12.6. The first-order valence-electron chi connectivity index (χ1n) is 8.94. The van der Waals surface area contributed by atoms with E-state index in [9.17, 15) is 15.0 Å². The van der Waals surface area contributed by atoms with Gasteiger partial charge in [0.2, 0.25) is 11.2 Å². The molecule has 0 spiro atoms. The van der Waals surface area contributed by atoms with Crippen LogP contribution < -0.4 is 10.7 Å². The molecule has 26 heavy (non-hydrogen) atoms. The Morgan fingerprint density at radius 3 is 2.58 bits per heavy atom. The van der Waals surface area contributed by atoms with Crippen LogP contribution in [-0.2, 0) is 5.41 Å². The van der Waals surface area contributed by atoms with Gasteiger partial charge in [0.15, 0.2) is 5.76 Å². The van der Waals surface area contributed by atoms with Crippen molar-refractivity contribution >= 4 is 11.0 Å². The van der Waals surface area contributed by atoms with E-state index in [1.54, 1.807) is 18.2 Å². The second-order valence-corrected chi connectivity index (χ2v) is 7.69. The first-order valence-corrected chi connectivity index (χ1v) is 8.94. The average molecular weight is 347 g/mol. The standard InChI is InChI=1S/C21H17NO4/c23-12-4-1-10(2-5-12)20-19(25)18(24)13-6-3-11(9-14(13)26-20)21-7-8-22-17-15(21)16(17)21/h1-6,9,15-17,22-23,25H,7-8H2. The predicted molar refractivity (Wildman–Crippen MR) is 96.3 cm³/mol. The van der Waals surface area contributed by atoms with Gasteiger partial charge in [0, 0.05) is 17.0 Å². The molecule has 0 bridgehead atoms. The highest BCUT2D eigenvalue weighted by Gasteiger charge is 2.84. The summed E-state index contributed by atoms with van der Waals surface area (Å²) in [6, 6.07) is 12.7. The average Bonchev–Trinajstić information content (AvgIpc) is 3.57. The van der Waals surface area contributed by atoms with Gasteiger partial charge in [-0.05, 0) is 66.8 Å². The Labute approximate surface area is 148 Å². The Morgan fingerprint density at radius 1 is 1.08 bits per heavy atom. The SMILES string of the molecule is O=c1c(O)c(-c2ccc(O)cc2)oc2cc(C34CCNC5C3C54)ccc12. The second kappa shape index (κ2) is 4.48. The van der Waals surface area contributed by atoms with Crippen LogP contribution in [0.5, 0.6) is 11.5 Å². The van der Waals surface area contributed by atoms with Crippen molar-refractivity contribution in [3.05, 3.63) is 58.3 Å².